The fourth-order valence-corrected chi connectivity index (χ4v) is 4.14. The minimum absolute atomic E-state index is 0.0498. The first-order valence-corrected chi connectivity index (χ1v) is 11.9. The lowest BCUT2D eigenvalue weighted by Gasteiger charge is -2.19. The molecule has 33 heavy (non-hydrogen) atoms. The molecule has 2 aromatic rings. The molecule has 0 N–H and O–H groups in total. The van der Waals surface area contributed by atoms with E-state index >= 15 is 0 Å². The van der Waals surface area contributed by atoms with Crippen LogP contribution in [-0.2, 0) is 27.2 Å². The van der Waals surface area contributed by atoms with Gasteiger partial charge in [-0.05, 0) is 80.3 Å². The standard InChI is InChI=1S/C20H22O2.C9H16O2/c1-3-18-19-7-5-4-6-15(19)8-9-16-12-17(10-11-20(16)18)22-13-14(2)21;1-9(10)7-5-3-4-6-8-11-2/h4-7,10-12,18H,3,8-9,13H2,1-2H3;4,6H,3,5,7-8H2,1-2H3/b;6-4-. The number of Topliss-reactive ketones (excluding diaryl/α,β-unsaturated/α-hetero) is 2. The van der Waals surface area contributed by atoms with Gasteiger partial charge in [-0.1, -0.05) is 49.4 Å². The van der Waals surface area contributed by atoms with E-state index in [1.807, 2.05) is 18.2 Å². The highest BCUT2D eigenvalue weighted by Crippen LogP contribution is 2.37. The van der Waals surface area contributed by atoms with Gasteiger partial charge in [-0.2, -0.15) is 0 Å². The van der Waals surface area contributed by atoms with Crippen molar-refractivity contribution >= 4 is 11.6 Å². The second kappa shape index (κ2) is 14.4. The number of ketones is 2. The van der Waals surface area contributed by atoms with E-state index in [0.717, 1.165) is 37.9 Å². The topological polar surface area (TPSA) is 52.6 Å². The minimum Gasteiger partial charge on any atom is -0.486 e. The third kappa shape index (κ3) is 8.97. The molecule has 0 bridgehead atoms. The van der Waals surface area contributed by atoms with Gasteiger partial charge in [0.1, 0.15) is 18.1 Å². The summed E-state index contributed by atoms with van der Waals surface area (Å²) in [4.78, 5) is 21.6. The van der Waals surface area contributed by atoms with Crippen molar-refractivity contribution in [3.63, 3.8) is 0 Å². The fourth-order valence-electron chi connectivity index (χ4n) is 4.14. The van der Waals surface area contributed by atoms with E-state index in [1.165, 1.54) is 22.3 Å². The summed E-state index contributed by atoms with van der Waals surface area (Å²) in [5.74, 6) is 1.57. The van der Waals surface area contributed by atoms with Crippen molar-refractivity contribution < 1.29 is 19.1 Å². The van der Waals surface area contributed by atoms with Crippen molar-refractivity contribution in [2.24, 2.45) is 0 Å². The van der Waals surface area contributed by atoms with Crippen LogP contribution in [0.1, 0.15) is 74.6 Å². The number of methoxy groups -OCH3 is 1. The quantitative estimate of drug-likeness (QED) is 0.317. The van der Waals surface area contributed by atoms with Crippen molar-refractivity contribution in [1.29, 1.82) is 0 Å². The van der Waals surface area contributed by atoms with Crippen molar-refractivity contribution in [3.05, 3.63) is 76.9 Å². The van der Waals surface area contributed by atoms with Crippen LogP contribution < -0.4 is 4.74 Å². The molecule has 2 aromatic carbocycles. The number of allylic oxidation sites excluding steroid dienone is 1. The number of benzene rings is 2. The predicted molar refractivity (Wildman–Crippen MR) is 134 cm³/mol. The zero-order chi connectivity index (χ0) is 24.1. The molecule has 1 atom stereocenters. The minimum atomic E-state index is 0.0498. The van der Waals surface area contributed by atoms with Crippen molar-refractivity contribution in [3.8, 4) is 5.75 Å². The Labute approximate surface area is 199 Å². The highest BCUT2D eigenvalue weighted by Gasteiger charge is 2.22. The molecule has 0 saturated heterocycles. The summed E-state index contributed by atoms with van der Waals surface area (Å²) < 4.78 is 10.4. The first kappa shape index (κ1) is 26.5. The molecule has 4 nitrogen and oxygen atoms in total. The molecule has 0 aliphatic heterocycles. The van der Waals surface area contributed by atoms with Gasteiger partial charge in [-0.3, -0.25) is 4.79 Å². The van der Waals surface area contributed by atoms with E-state index in [2.05, 4.69) is 43.3 Å². The summed E-state index contributed by atoms with van der Waals surface area (Å²) in [7, 11) is 1.67. The molecule has 0 amide bonds. The molecule has 3 rings (SSSR count). The molecule has 178 valence electrons. The summed E-state index contributed by atoms with van der Waals surface area (Å²) in [6.45, 7) is 6.24. The van der Waals surface area contributed by atoms with Crippen LogP contribution in [0.5, 0.6) is 5.75 Å². The van der Waals surface area contributed by atoms with Gasteiger partial charge in [0.15, 0.2) is 5.78 Å². The van der Waals surface area contributed by atoms with E-state index in [1.54, 1.807) is 21.0 Å². The van der Waals surface area contributed by atoms with Gasteiger partial charge >= 0.3 is 0 Å². The van der Waals surface area contributed by atoms with Gasteiger partial charge in [-0.25, -0.2) is 0 Å². The Hall–Kier alpha value is -2.72. The Bertz CT molecular complexity index is 929. The van der Waals surface area contributed by atoms with Crippen molar-refractivity contribution in [2.45, 2.75) is 65.2 Å². The SMILES string of the molecule is CCC1c2ccccc2CCc2cc(OCC(C)=O)ccc21.COC/C=C\CCCC(C)=O. The summed E-state index contributed by atoms with van der Waals surface area (Å²) in [6.07, 6.45) is 9.83. The molecule has 0 heterocycles. The van der Waals surface area contributed by atoms with Crippen LogP contribution in [0.4, 0.5) is 0 Å². The Morgan fingerprint density at radius 2 is 1.70 bits per heavy atom. The Balaban J connectivity index is 0.000000299. The number of fused-ring (bicyclic) bond motifs is 2. The zero-order valence-electron chi connectivity index (χ0n) is 20.6. The van der Waals surface area contributed by atoms with E-state index in [4.69, 9.17) is 9.47 Å². The summed E-state index contributed by atoms with van der Waals surface area (Å²) in [6, 6.07) is 15.1. The number of ether oxygens (including phenoxy) is 2. The van der Waals surface area contributed by atoms with E-state index in [-0.39, 0.29) is 18.2 Å². The number of carbonyl (C=O) groups is 2. The molecule has 1 aliphatic carbocycles. The largest absolute Gasteiger partial charge is 0.486 e. The predicted octanol–water partition coefficient (Wildman–Crippen LogP) is 6.24. The van der Waals surface area contributed by atoms with E-state index in [9.17, 15) is 9.59 Å². The van der Waals surface area contributed by atoms with Crippen LogP contribution in [0.15, 0.2) is 54.6 Å². The van der Waals surface area contributed by atoms with Crippen LogP contribution in [0.3, 0.4) is 0 Å². The number of unbranched alkanes of at least 4 members (excludes halogenated alkanes) is 1. The number of hydrogen-bond acceptors (Lipinski definition) is 4. The van der Waals surface area contributed by atoms with Crippen LogP contribution in [-0.4, -0.2) is 31.9 Å². The highest BCUT2D eigenvalue weighted by atomic mass is 16.5. The van der Waals surface area contributed by atoms with Gasteiger partial charge in [0.2, 0.25) is 0 Å². The van der Waals surface area contributed by atoms with Crippen molar-refractivity contribution in [1.82, 2.24) is 0 Å². The zero-order valence-corrected chi connectivity index (χ0v) is 20.6. The number of aryl methyl sites for hydroxylation is 2. The maximum atomic E-state index is 11.1. The third-order valence-corrected chi connectivity index (χ3v) is 5.76. The lowest BCUT2D eigenvalue weighted by atomic mass is 9.86. The second-order valence-corrected chi connectivity index (χ2v) is 8.53. The molecule has 4 heteroatoms. The van der Waals surface area contributed by atoms with Gasteiger partial charge < -0.3 is 14.3 Å². The van der Waals surface area contributed by atoms with Crippen molar-refractivity contribution in [2.75, 3.05) is 20.3 Å². The van der Waals surface area contributed by atoms with Gasteiger partial charge in [0, 0.05) is 19.4 Å². The maximum Gasteiger partial charge on any atom is 0.167 e. The Morgan fingerprint density at radius 1 is 0.970 bits per heavy atom. The molecule has 1 unspecified atom stereocenters. The number of hydrogen-bond donors (Lipinski definition) is 0. The molecular formula is C29H38O4. The summed E-state index contributed by atoms with van der Waals surface area (Å²) in [5.41, 5.74) is 5.67. The maximum absolute atomic E-state index is 11.1. The number of rotatable bonds is 10. The molecule has 0 spiro atoms. The molecular weight excluding hydrogens is 412 g/mol. The van der Waals surface area contributed by atoms with Crippen LogP contribution in [0, 0.1) is 0 Å². The average molecular weight is 451 g/mol. The fraction of sp³-hybridized carbons (Fsp3) is 0.448. The van der Waals surface area contributed by atoms with E-state index in [0.29, 0.717) is 18.9 Å². The molecule has 0 saturated carbocycles. The smallest absolute Gasteiger partial charge is 0.167 e. The van der Waals surface area contributed by atoms with E-state index < -0.39 is 0 Å². The first-order chi connectivity index (χ1) is 16.0. The third-order valence-electron chi connectivity index (χ3n) is 5.76. The monoisotopic (exact) mass is 450 g/mol. The highest BCUT2D eigenvalue weighted by molar-refractivity contribution is 5.77. The first-order valence-electron chi connectivity index (χ1n) is 11.9. The summed E-state index contributed by atoms with van der Waals surface area (Å²) >= 11 is 0. The van der Waals surface area contributed by atoms with Gasteiger partial charge in [0.05, 0.1) is 6.61 Å². The van der Waals surface area contributed by atoms with Gasteiger partial charge in [-0.15, -0.1) is 0 Å². The molecule has 0 radical (unpaired) electrons. The van der Waals surface area contributed by atoms with Gasteiger partial charge in [0.25, 0.3) is 0 Å². The summed E-state index contributed by atoms with van der Waals surface area (Å²) in [5, 5.41) is 0. The second-order valence-electron chi connectivity index (χ2n) is 8.53. The van der Waals surface area contributed by atoms with Crippen LogP contribution in [0.2, 0.25) is 0 Å². The Kier molecular flexibility index (Phi) is 11.6. The molecule has 0 fully saturated rings. The lowest BCUT2D eigenvalue weighted by molar-refractivity contribution is -0.119. The number of carbonyl (C=O) groups excluding carboxylic acids is 2. The lowest BCUT2D eigenvalue weighted by Crippen LogP contribution is -2.07. The average Bonchev–Trinajstić information content (AvgIpc) is 2.96. The Morgan fingerprint density at radius 3 is 2.39 bits per heavy atom. The van der Waals surface area contributed by atoms with Crippen LogP contribution >= 0.6 is 0 Å². The molecule has 0 aromatic heterocycles. The normalized spacial score (nSPS) is 14.5. The van der Waals surface area contributed by atoms with Crippen LogP contribution in [0.25, 0.3) is 0 Å². The molecule has 1 aliphatic rings.